The maximum atomic E-state index is 11.0. The zero-order chi connectivity index (χ0) is 11.1. The molecule has 1 heterocycles. The van der Waals surface area contributed by atoms with E-state index in [1.54, 1.807) is 12.4 Å². The van der Waals surface area contributed by atoms with Gasteiger partial charge in [0.1, 0.15) is 12.7 Å². The van der Waals surface area contributed by atoms with Crippen molar-refractivity contribution >= 4 is 12.3 Å². The Morgan fingerprint density at radius 1 is 1.80 bits per heavy atom. The first-order valence-electron chi connectivity index (χ1n) is 4.60. The molecule has 3 N–H and O–H groups in total. The van der Waals surface area contributed by atoms with Crippen LogP contribution in [0, 0.1) is 0 Å². The second-order valence-corrected chi connectivity index (χ2v) is 3.09. The van der Waals surface area contributed by atoms with Crippen LogP contribution < -0.4 is 5.32 Å². The molecule has 6 heteroatoms. The van der Waals surface area contributed by atoms with Crippen LogP contribution in [0.1, 0.15) is 0 Å². The zero-order valence-electron chi connectivity index (χ0n) is 8.17. The smallest absolute Gasteiger partial charge is 0.330 e. The summed E-state index contributed by atoms with van der Waals surface area (Å²) in [7, 11) is 0. The molecule has 2 unspecified atom stereocenters. The molecule has 1 aliphatic heterocycles. The minimum atomic E-state index is -1.02. The molecular formula is C9H14N2O4. The fourth-order valence-corrected chi connectivity index (χ4v) is 0.958. The minimum Gasteiger partial charge on any atom is -0.460 e. The van der Waals surface area contributed by atoms with Gasteiger partial charge in [0.15, 0.2) is 0 Å². The van der Waals surface area contributed by atoms with Crippen molar-refractivity contribution in [1.29, 1.82) is 0 Å². The minimum absolute atomic E-state index is 0.0281. The number of esters is 1. The average Bonchev–Trinajstić information content (AvgIpc) is 2.75. The molecule has 0 saturated heterocycles. The molecule has 0 aromatic rings. The van der Waals surface area contributed by atoms with Gasteiger partial charge in [-0.25, -0.2) is 4.79 Å². The Morgan fingerprint density at radius 3 is 3.20 bits per heavy atom. The first-order valence-corrected chi connectivity index (χ1v) is 4.60. The highest BCUT2D eigenvalue weighted by Crippen LogP contribution is 1.94. The van der Waals surface area contributed by atoms with E-state index in [1.807, 2.05) is 0 Å². The van der Waals surface area contributed by atoms with E-state index in [2.05, 4.69) is 15.0 Å². The predicted octanol–water partition coefficient (Wildman–Crippen LogP) is -1.56. The highest BCUT2D eigenvalue weighted by atomic mass is 16.5. The van der Waals surface area contributed by atoms with Crippen LogP contribution in [0.5, 0.6) is 0 Å². The van der Waals surface area contributed by atoms with Crippen LogP contribution in [0.2, 0.25) is 0 Å². The van der Waals surface area contributed by atoms with E-state index in [0.717, 1.165) is 0 Å². The third-order valence-electron chi connectivity index (χ3n) is 1.78. The van der Waals surface area contributed by atoms with Crippen LogP contribution in [-0.4, -0.2) is 54.4 Å². The number of carbonyl (C=O) groups excluding carboxylic acids is 1. The Hall–Kier alpha value is -1.40. The Balaban J connectivity index is 2.17. The number of nitrogens with zero attached hydrogens (tertiary/aromatic N) is 1. The monoisotopic (exact) mass is 214 g/mol. The summed E-state index contributed by atoms with van der Waals surface area (Å²) in [6, 6.07) is 0.0281. The van der Waals surface area contributed by atoms with Gasteiger partial charge in [-0.15, -0.1) is 0 Å². The number of hydrogen-bond acceptors (Lipinski definition) is 6. The fraction of sp³-hybridized carbons (Fsp3) is 0.556. The molecule has 0 fully saturated rings. The van der Waals surface area contributed by atoms with E-state index in [1.165, 1.54) is 6.08 Å². The van der Waals surface area contributed by atoms with E-state index in [0.29, 0.717) is 6.54 Å². The number of aliphatic imine (C=N–C) groups is 1. The molecule has 0 aromatic heterocycles. The normalized spacial score (nSPS) is 21.6. The van der Waals surface area contributed by atoms with Gasteiger partial charge in [-0.1, -0.05) is 6.08 Å². The molecule has 0 aliphatic carbocycles. The van der Waals surface area contributed by atoms with Crippen molar-refractivity contribution in [3.05, 3.63) is 12.2 Å². The van der Waals surface area contributed by atoms with Gasteiger partial charge < -0.3 is 20.3 Å². The Kier molecular flexibility index (Phi) is 4.79. The van der Waals surface area contributed by atoms with Gasteiger partial charge in [0.2, 0.25) is 0 Å². The molecule has 15 heavy (non-hydrogen) atoms. The second-order valence-electron chi connectivity index (χ2n) is 3.09. The standard InChI is InChI=1S/C9H14N2O4/c12-4-8(13)5-15-9(14)2-1-7-3-10-6-11-7/h1-2,6-8,12-13H,3-5H2,(H,10,11)/b2-1+. The van der Waals surface area contributed by atoms with E-state index in [4.69, 9.17) is 10.2 Å². The lowest BCUT2D eigenvalue weighted by atomic mass is 10.3. The summed E-state index contributed by atoms with van der Waals surface area (Å²) in [4.78, 5) is 15.0. The summed E-state index contributed by atoms with van der Waals surface area (Å²) in [5.74, 6) is -0.545. The highest BCUT2D eigenvalue weighted by molar-refractivity contribution is 5.82. The van der Waals surface area contributed by atoms with Crippen LogP contribution in [0.3, 0.4) is 0 Å². The van der Waals surface area contributed by atoms with Crippen molar-refractivity contribution in [2.24, 2.45) is 4.99 Å². The number of aliphatic hydroxyl groups is 2. The van der Waals surface area contributed by atoms with Gasteiger partial charge in [0, 0.05) is 6.08 Å². The molecule has 84 valence electrons. The van der Waals surface area contributed by atoms with E-state index >= 15 is 0 Å². The van der Waals surface area contributed by atoms with Crippen molar-refractivity contribution in [1.82, 2.24) is 5.32 Å². The van der Waals surface area contributed by atoms with Crippen LogP contribution in [0.15, 0.2) is 17.1 Å². The Morgan fingerprint density at radius 2 is 2.60 bits per heavy atom. The van der Waals surface area contributed by atoms with Crippen molar-refractivity contribution in [3.63, 3.8) is 0 Å². The first kappa shape index (κ1) is 11.7. The molecule has 1 rings (SSSR count). The summed E-state index contributed by atoms with van der Waals surface area (Å²) in [5, 5.41) is 20.3. The molecule has 0 saturated carbocycles. The maximum Gasteiger partial charge on any atom is 0.330 e. The molecule has 0 radical (unpaired) electrons. The Labute approximate surface area is 87.3 Å². The summed E-state index contributed by atoms with van der Waals surface area (Å²) < 4.78 is 4.65. The molecule has 6 nitrogen and oxygen atoms in total. The molecule has 0 amide bonds. The quantitative estimate of drug-likeness (QED) is 0.380. The van der Waals surface area contributed by atoms with Gasteiger partial charge in [0.25, 0.3) is 0 Å². The van der Waals surface area contributed by atoms with E-state index in [9.17, 15) is 4.79 Å². The van der Waals surface area contributed by atoms with Crippen LogP contribution in [0.25, 0.3) is 0 Å². The van der Waals surface area contributed by atoms with Crippen molar-refractivity contribution in [2.75, 3.05) is 19.8 Å². The molecule has 2 atom stereocenters. The zero-order valence-corrected chi connectivity index (χ0v) is 8.17. The third-order valence-corrected chi connectivity index (χ3v) is 1.78. The number of hydrogen-bond donors (Lipinski definition) is 3. The van der Waals surface area contributed by atoms with E-state index in [-0.39, 0.29) is 12.6 Å². The van der Waals surface area contributed by atoms with E-state index < -0.39 is 18.7 Å². The van der Waals surface area contributed by atoms with Gasteiger partial charge in [-0.2, -0.15) is 0 Å². The van der Waals surface area contributed by atoms with Gasteiger partial charge in [0.05, 0.1) is 25.5 Å². The number of carbonyl (C=O) groups is 1. The van der Waals surface area contributed by atoms with Gasteiger partial charge >= 0.3 is 5.97 Å². The van der Waals surface area contributed by atoms with Crippen LogP contribution >= 0.6 is 0 Å². The summed E-state index contributed by atoms with van der Waals surface area (Å²) >= 11 is 0. The van der Waals surface area contributed by atoms with Crippen molar-refractivity contribution in [3.8, 4) is 0 Å². The van der Waals surface area contributed by atoms with Gasteiger partial charge in [-0.3, -0.25) is 4.99 Å². The van der Waals surface area contributed by atoms with Gasteiger partial charge in [-0.05, 0) is 0 Å². The summed E-state index contributed by atoms with van der Waals surface area (Å²) in [6.45, 7) is -0.0215. The second kappa shape index (κ2) is 6.15. The Bertz CT molecular complexity index is 257. The molecule has 0 spiro atoms. The number of rotatable bonds is 5. The number of nitrogens with one attached hydrogen (secondary N) is 1. The number of aliphatic hydroxyl groups excluding tert-OH is 2. The van der Waals surface area contributed by atoms with Crippen LogP contribution in [0.4, 0.5) is 0 Å². The number of ether oxygens (including phenoxy) is 1. The fourth-order valence-electron chi connectivity index (χ4n) is 0.958. The summed E-state index contributed by atoms with van der Waals surface area (Å²) in [6.07, 6.45) is 3.47. The third kappa shape index (κ3) is 4.57. The molecule has 1 aliphatic rings. The first-order chi connectivity index (χ1) is 7.22. The van der Waals surface area contributed by atoms with Crippen molar-refractivity contribution in [2.45, 2.75) is 12.1 Å². The van der Waals surface area contributed by atoms with Crippen molar-refractivity contribution < 1.29 is 19.7 Å². The SMILES string of the molecule is O=C(/C=C/C1CN=CN1)OCC(O)CO. The molecule has 0 aromatic carbocycles. The van der Waals surface area contributed by atoms with Crippen LogP contribution in [-0.2, 0) is 9.53 Å². The topological polar surface area (TPSA) is 91.2 Å². The lowest BCUT2D eigenvalue weighted by Gasteiger charge is -2.06. The lowest BCUT2D eigenvalue weighted by Crippen LogP contribution is -2.23. The lowest BCUT2D eigenvalue weighted by molar-refractivity contribution is -0.141. The highest BCUT2D eigenvalue weighted by Gasteiger charge is 2.08. The molecule has 0 bridgehead atoms. The summed E-state index contributed by atoms with van der Waals surface area (Å²) in [5.41, 5.74) is 0. The largest absolute Gasteiger partial charge is 0.460 e. The molecular weight excluding hydrogens is 200 g/mol. The average molecular weight is 214 g/mol. The maximum absolute atomic E-state index is 11.0. The predicted molar refractivity (Wildman–Crippen MR) is 53.5 cm³/mol.